The van der Waals surface area contributed by atoms with Crippen LogP contribution in [0.4, 0.5) is 0 Å². The Bertz CT molecular complexity index is 403. The summed E-state index contributed by atoms with van der Waals surface area (Å²) in [5, 5.41) is 0. The number of ether oxygens (including phenoxy) is 1. The van der Waals surface area contributed by atoms with Crippen molar-refractivity contribution in [2.75, 3.05) is 6.61 Å². The lowest BCUT2D eigenvalue weighted by molar-refractivity contribution is 0.112. The third-order valence-corrected chi connectivity index (χ3v) is 4.52. The minimum Gasteiger partial charge on any atom is -0.491 e. The maximum atomic E-state index is 10.7. The largest absolute Gasteiger partial charge is 0.491 e. The topological polar surface area (TPSA) is 26.3 Å². The zero-order valence-electron chi connectivity index (χ0n) is 10.1. The van der Waals surface area contributed by atoms with Crippen molar-refractivity contribution in [3.8, 4) is 5.75 Å². The molecule has 18 heavy (non-hydrogen) atoms. The molecule has 1 aromatic rings. The van der Waals surface area contributed by atoms with E-state index in [0.717, 1.165) is 27.6 Å². The van der Waals surface area contributed by atoms with Crippen molar-refractivity contribution in [2.24, 2.45) is 5.92 Å². The predicted octanol–water partition coefficient (Wildman–Crippen LogP) is 4.98. The van der Waals surface area contributed by atoms with Crippen molar-refractivity contribution in [1.29, 1.82) is 0 Å². The maximum absolute atomic E-state index is 10.7. The monoisotopic (exact) mass is 374 g/mol. The van der Waals surface area contributed by atoms with Crippen molar-refractivity contribution in [1.82, 2.24) is 0 Å². The Kier molecular flexibility index (Phi) is 5.25. The minimum absolute atomic E-state index is 0.638. The van der Waals surface area contributed by atoms with Crippen molar-refractivity contribution in [2.45, 2.75) is 32.1 Å². The molecule has 1 aliphatic carbocycles. The van der Waals surface area contributed by atoms with Gasteiger partial charge in [0.25, 0.3) is 0 Å². The third-order valence-electron chi connectivity index (χ3n) is 3.34. The number of rotatable bonds is 4. The van der Waals surface area contributed by atoms with E-state index in [2.05, 4.69) is 31.9 Å². The molecule has 1 saturated carbocycles. The van der Waals surface area contributed by atoms with E-state index in [-0.39, 0.29) is 0 Å². The normalized spacial score (nSPS) is 16.6. The molecule has 0 aliphatic heterocycles. The summed E-state index contributed by atoms with van der Waals surface area (Å²) in [4.78, 5) is 10.7. The highest BCUT2D eigenvalue weighted by molar-refractivity contribution is 9.11. The number of hydrogen-bond donors (Lipinski definition) is 0. The summed E-state index contributed by atoms with van der Waals surface area (Å²) in [6.07, 6.45) is 7.36. The lowest BCUT2D eigenvalue weighted by Gasteiger charge is -2.22. The summed E-state index contributed by atoms with van der Waals surface area (Å²) in [5.41, 5.74) is 0.638. The number of carbonyl (C=O) groups excluding carboxylic acids is 1. The first kappa shape index (κ1) is 14.1. The van der Waals surface area contributed by atoms with E-state index in [9.17, 15) is 4.79 Å². The molecule has 2 rings (SSSR count). The molecular weight excluding hydrogens is 360 g/mol. The zero-order chi connectivity index (χ0) is 13.0. The van der Waals surface area contributed by atoms with Crippen LogP contribution in [0.3, 0.4) is 0 Å². The minimum atomic E-state index is 0.638. The maximum Gasteiger partial charge on any atom is 0.150 e. The van der Waals surface area contributed by atoms with E-state index in [1.54, 1.807) is 12.1 Å². The molecule has 0 bridgehead atoms. The second-order valence-corrected chi connectivity index (χ2v) is 6.46. The Labute approximate surface area is 124 Å². The predicted molar refractivity (Wildman–Crippen MR) is 79.3 cm³/mol. The number of carbonyl (C=O) groups is 1. The van der Waals surface area contributed by atoms with Crippen LogP contribution < -0.4 is 4.74 Å². The zero-order valence-corrected chi connectivity index (χ0v) is 13.3. The van der Waals surface area contributed by atoms with Crippen molar-refractivity contribution < 1.29 is 9.53 Å². The van der Waals surface area contributed by atoms with Gasteiger partial charge in [-0.05, 0) is 62.8 Å². The SMILES string of the molecule is O=Cc1cc(Br)c(OCC2CCCCC2)c(Br)c1. The second-order valence-electron chi connectivity index (χ2n) is 4.75. The Balaban J connectivity index is 2.02. The molecule has 0 N–H and O–H groups in total. The van der Waals surface area contributed by atoms with Gasteiger partial charge in [-0.15, -0.1) is 0 Å². The fourth-order valence-electron chi connectivity index (χ4n) is 2.34. The van der Waals surface area contributed by atoms with Crippen LogP contribution >= 0.6 is 31.9 Å². The molecule has 0 aromatic heterocycles. The molecular formula is C14H16Br2O2. The Morgan fingerprint density at radius 3 is 2.33 bits per heavy atom. The Morgan fingerprint density at radius 1 is 1.17 bits per heavy atom. The van der Waals surface area contributed by atoms with Crippen LogP contribution in [0.25, 0.3) is 0 Å². The van der Waals surface area contributed by atoms with Gasteiger partial charge in [-0.25, -0.2) is 0 Å². The van der Waals surface area contributed by atoms with E-state index in [0.29, 0.717) is 11.5 Å². The first-order valence-corrected chi connectivity index (χ1v) is 7.86. The van der Waals surface area contributed by atoms with Gasteiger partial charge < -0.3 is 4.74 Å². The average Bonchev–Trinajstić information content (AvgIpc) is 2.38. The van der Waals surface area contributed by atoms with Crippen molar-refractivity contribution >= 4 is 38.1 Å². The Morgan fingerprint density at radius 2 is 1.78 bits per heavy atom. The summed E-state index contributed by atoms with van der Waals surface area (Å²) in [6.45, 7) is 0.762. The first-order chi connectivity index (χ1) is 8.70. The quantitative estimate of drug-likeness (QED) is 0.693. The molecule has 1 fully saturated rings. The van der Waals surface area contributed by atoms with Crippen molar-refractivity contribution in [3.05, 3.63) is 26.6 Å². The van der Waals surface area contributed by atoms with E-state index in [1.165, 1.54) is 32.1 Å². The number of aldehydes is 1. The Hall–Kier alpha value is -0.350. The van der Waals surface area contributed by atoms with Crippen LogP contribution in [-0.4, -0.2) is 12.9 Å². The van der Waals surface area contributed by atoms with Gasteiger partial charge >= 0.3 is 0 Å². The van der Waals surface area contributed by atoms with Gasteiger partial charge in [0.2, 0.25) is 0 Å². The van der Waals surface area contributed by atoms with Crippen LogP contribution in [0.5, 0.6) is 5.75 Å². The first-order valence-electron chi connectivity index (χ1n) is 6.27. The van der Waals surface area contributed by atoms with E-state index < -0.39 is 0 Å². The molecule has 1 aliphatic rings. The highest BCUT2D eigenvalue weighted by atomic mass is 79.9. The highest BCUT2D eigenvalue weighted by Crippen LogP contribution is 2.35. The lowest BCUT2D eigenvalue weighted by atomic mass is 9.90. The molecule has 0 saturated heterocycles. The summed E-state index contributed by atoms with van der Waals surface area (Å²) >= 11 is 6.90. The highest BCUT2D eigenvalue weighted by Gasteiger charge is 2.16. The van der Waals surface area contributed by atoms with Gasteiger partial charge in [-0.3, -0.25) is 4.79 Å². The van der Waals surface area contributed by atoms with Gasteiger partial charge in [0.15, 0.2) is 0 Å². The smallest absolute Gasteiger partial charge is 0.150 e. The molecule has 0 radical (unpaired) electrons. The molecule has 0 unspecified atom stereocenters. The van der Waals surface area contributed by atoms with Gasteiger partial charge in [-0.1, -0.05) is 19.3 Å². The third kappa shape index (κ3) is 3.58. The number of halogens is 2. The van der Waals surface area contributed by atoms with E-state index >= 15 is 0 Å². The van der Waals surface area contributed by atoms with Gasteiger partial charge in [-0.2, -0.15) is 0 Å². The van der Waals surface area contributed by atoms with Crippen LogP contribution in [0.2, 0.25) is 0 Å². The van der Waals surface area contributed by atoms with Crippen LogP contribution in [0.15, 0.2) is 21.1 Å². The summed E-state index contributed by atoms with van der Waals surface area (Å²) in [6, 6.07) is 3.57. The number of benzene rings is 1. The molecule has 2 nitrogen and oxygen atoms in total. The fraction of sp³-hybridized carbons (Fsp3) is 0.500. The number of hydrogen-bond acceptors (Lipinski definition) is 2. The van der Waals surface area contributed by atoms with E-state index in [1.807, 2.05) is 0 Å². The van der Waals surface area contributed by atoms with Gasteiger partial charge in [0.05, 0.1) is 15.6 Å². The lowest BCUT2D eigenvalue weighted by Crippen LogP contribution is -2.15. The van der Waals surface area contributed by atoms with Gasteiger partial charge in [0.1, 0.15) is 12.0 Å². The molecule has 0 heterocycles. The second kappa shape index (κ2) is 6.71. The molecule has 0 atom stereocenters. The van der Waals surface area contributed by atoms with Crippen LogP contribution in [-0.2, 0) is 0 Å². The molecule has 0 amide bonds. The molecule has 0 spiro atoms. The average molecular weight is 376 g/mol. The standard InChI is InChI=1S/C14H16Br2O2/c15-12-6-11(8-17)7-13(16)14(12)18-9-10-4-2-1-3-5-10/h6-8,10H,1-5,9H2. The van der Waals surface area contributed by atoms with Crippen molar-refractivity contribution in [3.63, 3.8) is 0 Å². The van der Waals surface area contributed by atoms with E-state index in [4.69, 9.17) is 4.74 Å². The fourth-order valence-corrected chi connectivity index (χ4v) is 3.79. The summed E-state index contributed by atoms with van der Waals surface area (Å²) in [5.74, 6) is 1.47. The molecule has 4 heteroatoms. The molecule has 98 valence electrons. The van der Waals surface area contributed by atoms with Crippen LogP contribution in [0.1, 0.15) is 42.5 Å². The van der Waals surface area contributed by atoms with Gasteiger partial charge in [0, 0.05) is 5.56 Å². The van der Waals surface area contributed by atoms with Crippen LogP contribution in [0, 0.1) is 5.92 Å². The molecule has 1 aromatic carbocycles. The summed E-state index contributed by atoms with van der Waals surface area (Å²) in [7, 11) is 0. The summed E-state index contributed by atoms with van der Waals surface area (Å²) < 4.78 is 7.55.